The molecule has 0 aromatic heterocycles. The molecule has 64 heavy (non-hydrogen) atoms. The smallest absolute Gasteiger partial charge is 0.246 e. The van der Waals surface area contributed by atoms with E-state index in [2.05, 4.69) is 21.3 Å². The number of nitrogens with zero attached hydrogens (tertiary/aromatic N) is 1. The van der Waals surface area contributed by atoms with Crippen molar-refractivity contribution < 1.29 is 66.7 Å². The average molecular weight is 910 g/mol. The number of rotatable bonds is 38. The molecule has 1 aliphatic heterocycles. The Morgan fingerprint density at radius 1 is 0.656 bits per heavy atom. The lowest BCUT2D eigenvalue weighted by molar-refractivity contribution is -0.139. The lowest BCUT2D eigenvalue weighted by Crippen LogP contribution is -2.57. The minimum absolute atomic E-state index is 0.0343. The SMILES string of the molecule is CCc1ccc(NC(=O)[C@H](C)NC(=O)[C@@H](NC(=O)[C@H](CCCCN2C(=O)CC(C)C2=O)NC(=O)CCOCCOCCOCCOCCOCCOCCOCCOC)C(C)C)cc1. The van der Waals surface area contributed by atoms with Gasteiger partial charge in [-0.05, 0) is 56.2 Å². The second-order valence-corrected chi connectivity index (χ2v) is 15.6. The lowest BCUT2D eigenvalue weighted by Gasteiger charge is -2.26. The van der Waals surface area contributed by atoms with Crippen LogP contribution in [-0.4, -0.2) is 171 Å². The fourth-order valence-electron chi connectivity index (χ4n) is 6.20. The zero-order chi connectivity index (χ0) is 47.0. The minimum Gasteiger partial charge on any atom is -0.382 e. The summed E-state index contributed by atoms with van der Waals surface area (Å²) in [6.45, 7) is 15.2. The van der Waals surface area contributed by atoms with Gasteiger partial charge < -0.3 is 59.2 Å². The van der Waals surface area contributed by atoms with Gasteiger partial charge in [0.15, 0.2) is 0 Å². The van der Waals surface area contributed by atoms with E-state index in [0.717, 1.165) is 12.0 Å². The molecule has 6 amide bonds. The first-order valence-corrected chi connectivity index (χ1v) is 22.5. The number of hydrogen-bond acceptors (Lipinski definition) is 14. The van der Waals surface area contributed by atoms with Crippen molar-refractivity contribution in [3.63, 3.8) is 0 Å². The maximum absolute atomic E-state index is 13.7. The van der Waals surface area contributed by atoms with Crippen LogP contribution in [0, 0.1) is 11.8 Å². The second-order valence-electron chi connectivity index (χ2n) is 15.6. The fraction of sp³-hybridized carbons (Fsp3) is 0.733. The number of carbonyl (C=O) groups is 6. The van der Waals surface area contributed by atoms with Crippen LogP contribution >= 0.6 is 0 Å². The summed E-state index contributed by atoms with van der Waals surface area (Å²) < 4.78 is 43.2. The number of ether oxygens (including phenoxy) is 8. The number of amides is 6. The van der Waals surface area contributed by atoms with Gasteiger partial charge in [0.2, 0.25) is 35.4 Å². The van der Waals surface area contributed by atoms with Gasteiger partial charge in [0.25, 0.3) is 0 Å². The van der Waals surface area contributed by atoms with Crippen molar-refractivity contribution in [3.05, 3.63) is 29.8 Å². The van der Waals surface area contributed by atoms with Crippen molar-refractivity contribution in [1.82, 2.24) is 20.9 Å². The first kappa shape index (κ1) is 56.1. The first-order valence-electron chi connectivity index (χ1n) is 22.5. The number of unbranched alkanes of at least 4 members (excludes halogenated alkanes) is 1. The molecule has 1 aliphatic rings. The third-order valence-corrected chi connectivity index (χ3v) is 10.0. The third-order valence-electron chi connectivity index (χ3n) is 10.0. The lowest BCUT2D eigenvalue weighted by atomic mass is 10.0. The van der Waals surface area contributed by atoms with Crippen LogP contribution < -0.4 is 21.3 Å². The number of aryl methyl sites for hydroxylation is 1. The Hall–Kier alpha value is -4.08. The van der Waals surface area contributed by atoms with E-state index in [1.807, 2.05) is 19.1 Å². The van der Waals surface area contributed by atoms with Gasteiger partial charge in [0, 0.05) is 38.1 Å². The molecule has 0 spiro atoms. The molecule has 0 aliphatic carbocycles. The van der Waals surface area contributed by atoms with Gasteiger partial charge in [-0.2, -0.15) is 0 Å². The van der Waals surface area contributed by atoms with E-state index in [9.17, 15) is 28.8 Å². The number of carbonyl (C=O) groups excluding carboxylic acids is 6. The summed E-state index contributed by atoms with van der Waals surface area (Å²) in [4.78, 5) is 78.9. The van der Waals surface area contributed by atoms with Crippen LogP contribution in [-0.2, 0) is 73.1 Å². The summed E-state index contributed by atoms with van der Waals surface area (Å²) in [5.41, 5.74) is 1.71. The van der Waals surface area contributed by atoms with Crippen LogP contribution in [0.5, 0.6) is 0 Å². The van der Waals surface area contributed by atoms with Crippen LogP contribution in [0.1, 0.15) is 72.3 Å². The van der Waals surface area contributed by atoms with E-state index in [1.54, 1.807) is 46.9 Å². The molecule has 0 bridgehead atoms. The van der Waals surface area contributed by atoms with Gasteiger partial charge in [-0.3, -0.25) is 33.7 Å². The summed E-state index contributed by atoms with van der Waals surface area (Å²) in [6, 6.07) is 4.47. The van der Waals surface area contributed by atoms with Crippen LogP contribution in [0.4, 0.5) is 5.69 Å². The van der Waals surface area contributed by atoms with Crippen LogP contribution in [0.15, 0.2) is 24.3 Å². The van der Waals surface area contributed by atoms with Crippen LogP contribution in [0.3, 0.4) is 0 Å². The largest absolute Gasteiger partial charge is 0.382 e. The second kappa shape index (κ2) is 34.3. The number of methoxy groups -OCH3 is 1. The van der Waals surface area contributed by atoms with Crippen LogP contribution in [0.25, 0.3) is 0 Å². The maximum Gasteiger partial charge on any atom is 0.246 e. The number of imide groups is 1. The molecule has 1 heterocycles. The highest BCUT2D eigenvalue weighted by atomic mass is 16.6. The van der Waals surface area contributed by atoms with E-state index in [-0.39, 0.29) is 62.7 Å². The molecule has 2 rings (SSSR count). The Labute approximate surface area is 378 Å². The molecular formula is C45H75N5O14. The van der Waals surface area contributed by atoms with Crippen molar-refractivity contribution in [1.29, 1.82) is 0 Å². The van der Waals surface area contributed by atoms with Gasteiger partial charge in [0.1, 0.15) is 18.1 Å². The summed E-state index contributed by atoms with van der Waals surface area (Å²) >= 11 is 0. The molecule has 364 valence electrons. The Bertz CT molecular complexity index is 1500. The molecule has 1 aromatic carbocycles. The minimum atomic E-state index is -1.02. The van der Waals surface area contributed by atoms with Gasteiger partial charge in [0.05, 0.1) is 99.1 Å². The van der Waals surface area contributed by atoms with Crippen molar-refractivity contribution in [3.8, 4) is 0 Å². The van der Waals surface area contributed by atoms with Crippen molar-refractivity contribution in [2.45, 2.75) is 91.3 Å². The molecule has 0 saturated carbocycles. The van der Waals surface area contributed by atoms with Gasteiger partial charge in [-0.25, -0.2) is 0 Å². The Morgan fingerprint density at radius 3 is 1.61 bits per heavy atom. The zero-order valence-corrected chi connectivity index (χ0v) is 38.9. The van der Waals surface area contributed by atoms with E-state index >= 15 is 0 Å². The monoisotopic (exact) mass is 910 g/mol. The Kier molecular flexibility index (Phi) is 30.0. The van der Waals surface area contributed by atoms with Crippen LogP contribution in [0.2, 0.25) is 0 Å². The number of nitrogens with one attached hydrogen (secondary N) is 4. The molecule has 1 saturated heterocycles. The molecule has 4 N–H and O–H groups in total. The first-order chi connectivity index (χ1) is 30.9. The zero-order valence-electron chi connectivity index (χ0n) is 38.9. The average Bonchev–Trinajstić information content (AvgIpc) is 3.52. The number of benzene rings is 1. The van der Waals surface area contributed by atoms with Gasteiger partial charge >= 0.3 is 0 Å². The van der Waals surface area contributed by atoms with E-state index < -0.39 is 41.8 Å². The van der Waals surface area contributed by atoms with E-state index in [1.165, 1.54) is 4.90 Å². The summed E-state index contributed by atoms with van der Waals surface area (Å²) in [5.74, 6) is -3.16. The number of anilines is 1. The Morgan fingerprint density at radius 2 is 1.16 bits per heavy atom. The van der Waals surface area contributed by atoms with Crippen molar-refractivity contribution in [2.24, 2.45) is 11.8 Å². The summed E-state index contributed by atoms with van der Waals surface area (Å²) in [5, 5.41) is 11.0. The predicted molar refractivity (Wildman–Crippen MR) is 237 cm³/mol. The maximum atomic E-state index is 13.7. The predicted octanol–water partition coefficient (Wildman–Crippen LogP) is 2.04. The third kappa shape index (κ3) is 24.3. The molecule has 1 fully saturated rings. The van der Waals surface area contributed by atoms with Crippen molar-refractivity contribution in [2.75, 3.05) is 118 Å². The highest BCUT2D eigenvalue weighted by molar-refractivity contribution is 6.03. The van der Waals surface area contributed by atoms with Crippen molar-refractivity contribution >= 4 is 41.1 Å². The highest BCUT2D eigenvalue weighted by Gasteiger charge is 2.35. The molecule has 19 heteroatoms. The Balaban J connectivity index is 1.70. The van der Waals surface area contributed by atoms with Gasteiger partial charge in [-0.15, -0.1) is 0 Å². The molecule has 1 unspecified atom stereocenters. The van der Waals surface area contributed by atoms with E-state index in [4.69, 9.17) is 37.9 Å². The summed E-state index contributed by atoms with van der Waals surface area (Å²) in [7, 11) is 1.63. The quantitative estimate of drug-likeness (QED) is 0.0551. The summed E-state index contributed by atoms with van der Waals surface area (Å²) in [6.07, 6.45) is 2.02. The topological polar surface area (TPSA) is 228 Å². The van der Waals surface area contributed by atoms with E-state index in [0.29, 0.717) is 104 Å². The number of likely N-dealkylation sites (tertiary alicyclic amines) is 1. The molecular weight excluding hydrogens is 835 g/mol. The normalized spacial score (nSPS) is 15.3. The molecule has 19 nitrogen and oxygen atoms in total. The standard InChI is InChI=1S/C45H75N5O14/c1-7-36-11-13-37(14-12-36)47-42(53)35(5)46-44(55)41(33(2)3)49-43(54)38(10-8-9-16-50-40(52)32-34(4)45(50)56)48-39(51)15-17-58-20-21-60-24-25-62-28-29-64-31-30-63-27-26-61-23-22-59-19-18-57-6/h11-14,33-35,38,41H,7-10,15-32H2,1-6H3,(H,46,55)(H,47,53)(H,48,51)(H,49,54)/t34?,35-,38-,41-/m0/s1. The molecule has 0 radical (unpaired) electrons. The molecule has 1 aromatic rings. The fourth-order valence-corrected chi connectivity index (χ4v) is 6.20. The highest BCUT2D eigenvalue weighted by Crippen LogP contribution is 2.19. The number of hydrogen-bond donors (Lipinski definition) is 4. The van der Waals surface area contributed by atoms with Gasteiger partial charge in [-0.1, -0.05) is 39.8 Å². The molecule has 4 atom stereocenters.